The van der Waals surface area contributed by atoms with Crippen molar-refractivity contribution in [2.45, 2.75) is 6.92 Å². The Kier molecular flexibility index (Phi) is 4.32. The van der Waals surface area contributed by atoms with Gasteiger partial charge in [-0.2, -0.15) is 4.98 Å². The van der Waals surface area contributed by atoms with Crippen molar-refractivity contribution >= 4 is 39.1 Å². The Balaban J connectivity index is 2.48. The van der Waals surface area contributed by atoms with Crippen molar-refractivity contribution in [2.75, 3.05) is 17.7 Å². The molecule has 1 heterocycles. The maximum Gasteiger partial charge on any atom is 0.332 e. The van der Waals surface area contributed by atoms with Crippen LogP contribution in [0.2, 0.25) is 0 Å². The number of nitro groups is 1. The molecule has 2 N–H and O–H groups in total. The molecule has 0 spiro atoms. The van der Waals surface area contributed by atoms with Crippen molar-refractivity contribution in [2.24, 2.45) is 0 Å². The van der Waals surface area contributed by atoms with E-state index in [2.05, 4.69) is 36.5 Å². The highest BCUT2D eigenvalue weighted by molar-refractivity contribution is 9.10. The molecular weight excluding hydrogens is 345 g/mol. The Hall–Kier alpha value is -2.29. The zero-order valence-corrected chi connectivity index (χ0v) is 12.7. The molecule has 0 aliphatic carbocycles. The summed E-state index contributed by atoms with van der Waals surface area (Å²) in [7, 11) is 1.61. The second-order valence-electron chi connectivity index (χ2n) is 4.09. The first-order valence-corrected chi connectivity index (χ1v) is 6.64. The fraction of sp³-hybridized carbons (Fsp3) is 0.167. The molecule has 0 atom stereocenters. The van der Waals surface area contributed by atoms with Crippen LogP contribution in [0.3, 0.4) is 0 Å². The maximum absolute atomic E-state index is 13.2. The standard InChI is InChI=1S/C12H11BrFN5O2/c1-6-10(19(20)21)11(18-12(15-2)16-6)17-7-3-4-9(14)8(13)5-7/h3-5H,1-2H3,(H2,15,16,17,18). The first-order chi connectivity index (χ1) is 9.92. The second-order valence-corrected chi connectivity index (χ2v) is 4.95. The van der Waals surface area contributed by atoms with Gasteiger partial charge in [-0.25, -0.2) is 9.37 Å². The van der Waals surface area contributed by atoms with Gasteiger partial charge in [0.15, 0.2) is 0 Å². The van der Waals surface area contributed by atoms with Crippen LogP contribution in [0.4, 0.5) is 27.5 Å². The number of aromatic nitrogens is 2. The first kappa shape index (κ1) is 15.1. The summed E-state index contributed by atoms with van der Waals surface area (Å²) in [6.45, 7) is 1.52. The lowest BCUT2D eigenvalue weighted by Crippen LogP contribution is -2.07. The van der Waals surface area contributed by atoms with E-state index in [0.29, 0.717) is 5.69 Å². The summed E-state index contributed by atoms with van der Waals surface area (Å²) < 4.78 is 13.5. The molecule has 110 valence electrons. The predicted molar refractivity (Wildman–Crippen MR) is 80.4 cm³/mol. The van der Waals surface area contributed by atoms with Crippen LogP contribution in [0.25, 0.3) is 0 Å². The van der Waals surface area contributed by atoms with E-state index in [9.17, 15) is 14.5 Å². The predicted octanol–water partition coefficient (Wildman–Crippen LogP) is 3.38. The van der Waals surface area contributed by atoms with Crippen molar-refractivity contribution in [3.05, 3.63) is 44.3 Å². The highest BCUT2D eigenvalue weighted by Gasteiger charge is 2.22. The van der Waals surface area contributed by atoms with Gasteiger partial charge in [-0.3, -0.25) is 10.1 Å². The third-order valence-corrected chi connectivity index (χ3v) is 3.25. The van der Waals surface area contributed by atoms with Gasteiger partial charge in [-0.05, 0) is 41.1 Å². The summed E-state index contributed by atoms with van der Waals surface area (Å²) in [5.41, 5.74) is 0.462. The van der Waals surface area contributed by atoms with Crippen LogP contribution in [0, 0.1) is 22.9 Å². The number of aryl methyl sites for hydroxylation is 1. The van der Waals surface area contributed by atoms with E-state index in [0.717, 1.165) is 0 Å². The lowest BCUT2D eigenvalue weighted by molar-refractivity contribution is -0.385. The molecule has 1 aromatic heterocycles. The molecule has 0 bridgehead atoms. The van der Waals surface area contributed by atoms with Crippen molar-refractivity contribution in [3.8, 4) is 0 Å². The molecule has 21 heavy (non-hydrogen) atoms. The quantitative estimate of drug-likeness (QED) is 0.644. The SMILES string of the molecule is CNc1nc(C)c([N+](=O)[O-])c(Nc2ccc(F)c(Br)c2)n1. The molecule has 0 aliphatic heterocycles. The maximum atomic E-state index is 13.2. The Morgan fingerprint density at radius 1 is 1.38 bits per heavy atom. The second kappa shape index (κ2) is 6.00. The van der Waals surface area contributed by atoms with Crippen LogP contribution in [-0.4, -0.2) is 21.9 Å². The Bertz CT molecular complexity index is 710. The number of hydrogen-bond acceptors (Lipinski definition) is 6. The zero-order valence-electron chi connectivity index (χ0n) is 11.1. The van der Waals surface area contributed by atoms with Crippen LogP contribution in [-0.2, 0) is 0 Å². The fourth-order valence-electron chi connectivity index (χ4n) is 1.70. The lowest BCUT2D eigenvalue weighted by Gasteiger charge is -2.10. The number of halogens is 2. The molecule has 0 saturated heterocycles. The van der Waals surface area contributed by atoms with Crippen molar-refractivity contribution in [3.63, 3.8) is 0 Å². The number of rotatable bonds is 4. The molecular formula is C12H11BrFN5O2. The van der Waals surface area contributed by atoms with Crippen LogP contribution in [0.1, 0.15) is 5.69 Å². The summed E-state index contributed by atoms with van der Waals surface area (Å²) >= 11 is 3.06. The third-order valence-electron chi connectivity index (χ3n) is 2.65. The first-order valence-electron chi connectivity index (χ1n) is 5.85. The summed E-state index contributed by atoms with van der Waals surface area (Å²) in [4.78, 5) is 18.6. The normalized spacial score (nSPS) is 10.3. The number of anilines is 3. The van der Waals surface area contributed by atoms with E-state index < -0.39 is 10.7 Å². The van der Waals surface area contributed by atoms with E-state index in [1.54, 1.807) is 7.05 Å². The summed E-state index contributed by atoms with van der Waals surface area (Å²) in [5, 5.41) is 16.7. The Labute approximate surface area is 127 Å². The van der Waals surface area contributed by atoms with Gasteiger partial charge in [-0.15, -0.1) is 0 Å². The topological polar surface area (TPSA) is 93.0 Å². The zero-order chi connectivity index (χ0) is 15.6. The van der Waals surface area contributed by atoms with Crippen LogP contribution in [0.15, 0.2) is 22.7 Å². The van der Waals surface area contributed by atoms with Gasteiger partial charge in [0.05, 0.1) is 9.40 Å². The summed E-state index contributed by atoms with van der Waals surface area (Å²) in [5.74, 6) is -0.137. The fourth-order valence-corrected chi connectivity index (χ4v) is 2.07. The molecule has 1 aromatic carbocycles. The van der Waals surface area contributed by atoms with Gasteiger partial charge < -0.3 is 10.6 Å². The highest BCUT2D eigenvalue weighted by Crippen LogP contribution is 2.30. The molecule has 0 aliphatic rings. The summed E-state index contributed by atoms with van der Waals surface area (Å²) in [6.07, 6.45) is 0. The Morgan fingerprint density at radius 2 is 2.10 bits per heavy atom. The van der Waals surface area contributed by atoms with Crippen LogP contribution >= 0.6 is 15.9 Å². The summed E-state index contributed by atoms with van der Waals surface area (Å²) in [6, 6.07) is 4.17. The molecule has 2 aromatic rings. The van der Waals surface area contributed by atoms with E-state index in [1.807, 2.05) is 0 Å². The van der Waals surface area contributed by atoms with Gasteiger partial charge in [0, 0.05) is 12.7 Å². The van der Waals surface area contributed by atoms with E-state index >= 15 is 0 Å². The Morgan fingerprint density at radius 3 is 2.67 bits per heavy atom. The largest absolute Gasteiger partial charge is 0.357 e. The van der Waals surface area contributed by atoms with E-state index in [1.165, 1.54) is 25.1 Å². The number of hydrogen-bond donors (Lipinski definition) is 2. The lowest BCUT2D eigenvalue weighted by atomic mass is 10.3. The van der Waals surface area contributed by atoms with Crippen molar-refractivity contribution in [1.82, 2.24) is 9.97 Å². The van der Waals surface area contributed by atoms with Gasteiger partial charge in [-0.1, -0.05) is 0 Å². The van der Waals surface area contributed by atoms with Crippen molar-refractivity contribution in [1.29, 1.82) is 0 Å². The molecule has 2 rings (SSSR count). The van der Waals surface area contributed by atoms with Crippen LogP contribution in [0.5, 0.6) is 0 Å². The minimum absolute atomic E-state index is 0.0374. The highest BCUT2D eigenvalue weighted by atomic mass is 79.9. The average Bonchev–Trinajstić information content (AvgIpc) is 2.41. The average molecular weight is 356 g/mol. The van der Waals surface area contributed by atoms with Gasteiger partial charge in [0.2, 0.25) is 11.8 Å². The molecule has 0 unspecified atom stereocenters. The van der Waals surface area contributed by atoms with Gasteiger partial charge in [0.1, 0.15) is 11.5 Å². The van der Waals surface area contributed by atoms with Crippen LogP contribution < -0.4 is 10.6 Å². The molecule has 0 saturated carbocycles. The number of nitrogens with zero attached hydrogens (tertiary/aromatic N) is 3. The molecule has 9 heteroatoms. The van der Waals surface area contributed by atoms with Gasteiger partial charge >= 0.3 is 5.69 Å². The molecule has 0 fully saturated rings. The smallest absolute Gasteiger partial charge is 0.332 e. The van der Waals surface area contributed by atoms with E-state index in [-0.39, 0.29) is 27.6 Å². The number of benzene rings is 1. The minimum atomic E-state index is -0.560. The number of nitrogens with one attached hydrogen (secondary N) is 2. The minimum Gasteiger partial charge on any atom is -0.357 e. The van der Waals surface area contributed by atoms with E-state index in [4.69, 9.17) is 0 Å². The third kappa shape index (κ3) is 3.24. The monoisotopic (exact) mass is 355 g/mol. The van der Waals surface area contributed by atoms with Gasteiger partial charge in [0.25, 0.3) is 0 Å². The molecule has 0 amide bonds. The molecule has 7 nitrogen and oxygen atoms in total. The van der Waals surface area contributed by atoms with Crippen molar-refractivity contribution < 1.29 is 9.31 Å². The molecule has 0 radical (unpaired) electrons.